The van der Waals surface area contributed by atoms with Crippen LogP contribution in [0.25, 0.3) is 11.1 Å². The molecule has 174 valence electrons. The SMILES string of the molecule is C=C(C)c1ccc(C(=O)OC)cc1C(F)(F)F.C=C(C)c1ccc(CO)cc1C(F)(F)F. The lowest BCUT2D eigenvalue weighted by atomic mass is 9.99. The number of hydrogen-bond donors (Lipinski definition) is 1. The van der Waals surface area contributed by atoms with Crippen LogP contribution in [0.3, 0.4) is 0 Å². The summed E-state index contributed by atoms with van der Waals surface area (Å²) in [6.45, 7) is 9.56. The van der Waals surface area contributed by atoms with Crippen LogP contribution in [-0.4, -0.2) is 18.2 Å². The molecule has 0 bridgehead atoms. The van der Waals surface area contributed by atoms with E-state index < -0.39 is 36.1 Å². The van der Waals surface area contributed by atoms with Crippen LogP contribution >= 0.6 is 0 Å². The van der Waals surface area contributed by atoms with E-state index in [9.17, 15) is 31.1 Å². The number of methoxy groups -OCH3 is 1. The van der Waals surface area contributed by atoms with Gasteiger partial charge in [-0.2, -0.15) is 26.3 Å². The van der Waals surface area contributed by atoms with Crippen molar-refractivity contribution in [3.8, 4) is 0 Å². The molecule has 0 amide bonds. The van der Waals surface area contributed by atoms with Gasteiger partial charge >= 0.3 is 18.3 Å². The quantitative estimate of drug-likeness (QED) is 0.405. The largest absolute Gasteiger partial charge is 0.465 e. The van der Waals surface area contributed by atoms with Gasteiger partial charge in [0.25, 0.3) is 0 Å². The summed E-state index contributed by atoms with van der Waals surface area (Å²) in [7, 11) is 1.11. The lowest BCUT2D eigenvalue weighted by molar-refractivity contribution is -0.138. The fourth-order valence-corrected chi connectivity index (χ4v) is 2.69. The van der Waals surface area contributed by atoms with Crippen LogP contribution in [0.2, 0.25) is 0 Å². The van der Waals surface area contributed by atoms with Gasteiger partial charge in [0, 0.05) is 0 Å². The van der Waals surface area contributed by atoms with Crippen LogP contribution in [0.1, 0.15) is 52.0 Å². The van der Waals surface area contributed by atoms with Gasteiger partial charge in [0.1, 0.15) is 0 Å². The summed E-state index contributed by atoms with van der Waals surface area (Å²) in [4.78, 5) is 11.2. The number of alkyl halides is 6. The summed E-state index contributed by atoms with van der Waals surface area (Å²) < 4.78 is 80.5. The zero-order valence-corrected chi connectivity index (χ0v) is 17.6. The van der Waals surface area contributed by atoms with E-state index in [1.807, 2.05) is 0 Å². The van der Waals surface area contributed by atoms with E-state index in [-0.39, 0.29) is 27.8 Å². The summed E-state index contributed by atoms with van der Waals surface area (Å²) in [6, 6.07) is 7.01. The molecule has 0 saturated heterocycles. The Kier molecular flexibility index (Phi) is 8.84. The van der Waals surface area contributed by atoms with Crippen LogP contribution < -0.4 is 0 Å². The molecule has 1 N–H and O–H groups in total. The van der Waals surface area contributed by atoms with Gasteiger partial charge in [-0.15, -0.1) is 0 Å². The molecule has 0 spiro atoms. The van der Waals surface area contributed by atoms with Crippen molar-refractivity contribution in [1.29, 1.82) is 0 Å². The lowest BCUT2D eigenvalue weighted by Gasteiger charge is -2.13. The molecule has 0 aliphatic carbocycles. The molecule has 3 nitrogen and oxygen atoms in total. The van der Waals surface area contributed by atoms with Crippen molar-refractivity contribution in [1.82, 2.24) is 0 Å². The maximum absolute atomic E-state index is 12.8. The highest BCUT2D eigenvalue weighted by molar-refractivity contribution is 5.90. The Balaban J connectivity index is 0.000000323. The molecule has 0 heterocycles. The molecule has 32 heavy (non-hydrogen) atoms. The van der Waals surface area contributed by atoms with Crippen LogP contribution in [0, 0.1) is 0 Å². The number of aliphatic hydroxyl groups excluding tert-OH is 1. The smallest absolute Gasteiger partial charge is 0.417 e. The number of allylic oxidation sites excluding steroid dienone is 2. The summed E-state index contributed by atoms with van der Waals surface area (Å²) >= 11 is 0. The van der Waals surface area contributed by atoms with Crippen LogP contribution in [0.5, 0.6) is 0 Å². The highest BCUT2D eigenvalue weighted by Gasteiger charge is 2.34. The molecular formula is C23H22F6O3. The van der Waals surface area contributed by atoms with Crippen molar-refractivity contribution in [2.24, 2.45) is 0 Å². The predicted molar refractivity (Wildman–Crippen MR) is 110 cm³/mol. The molecule has 2 aromatic carbocycles. The van der Waals surface area contributed by atoms with Gasteiger partial charge in [-0.05, 0) is 48.7 Å². The normalized spacial score (nSPS) is 11.3. The van der Waals surface area contributed by atoms with Gasteiger partial charge in [0.05, 0.1) is 30.4 Å². The minimum absolute atomic E-state index is 0.0230. The van der Waals surface area contributed by atoms with E-state index in [0.717, 1.165) is 19.2 Å². The molecule has 9 heteroatoms. The van der Waals surface area contributed by atoms with E-state index in [1.54, 1.807) is 0 Å². The van der Waals surface area contributed by atoms with E-state index in [4.69, 9.17) is 5.11 Å². The predicted octanol–water partition coefficient (Wildman–Crippen LogP) is 6.76. The van der Waals surface area contributed by atoms with Gasteiger partial charge < -0.3 is 9.84 Å². The summed E-state index contributed by atoms with van der Waals surface area (Å²) in [5, 5.41) is 8.77. The van der Waals surface area contributed by atoms with Crippen LogP contribution in [0.4, 0.5) is 26.3 Å². The molecular weight excluding hydrogens is 438 g/mol. The molecule has 2 aromatic rings. The second-order valence-electron chi connectivity index (χ2n) is 6.85. The Morgan fingerprint density at radius 1 is 0.875 bits per heavy atom. The zero-order chi connectivity index (χ0) is 24.9. The van der Waals surface area contributed by atoms with Crippen molar-refractivity contribution < 1.29 is 41.0 Å². The Labute approximate surface area is 181 Å². The van der Waals surface area contributed by atoms with Crippen LogP contribution in [0.15, 0.2) is 49.6 Å². The topological polar surface area (TPSA) is 46.5 Å². The van der Waals surface area contributed by atoms with Gasteiger partial charge in [-0.25, -0.2) is 4.79 Å². The Morgan fingerprint density at radius 2 is 1.31 bits per heavy atom. The van der Waals surface area contributed by atoms with Gasteiger partial charge in [0.15, 0.2) is 0 Å². The molecule has 0 aliphatic rings. The van der Waals surface area contributed by atoms with Gasteiger partial charge in [-0.1, -0.05) is 42.5 Å². The van der Waals surface area contributed by atoms with Gasteiger partial charge in [-0.3, -0.25) is 0 Å². The molecule has 0 unspecified atom stereocenters. The van der Waals surface area contributed by atoms with Crippen molar-refractivity contribution in [2.75, 3.05) is 7.11 Å². The zero-order valence-electron chi connectivity index (χ0n) is 17.6. The summed E-state index contributed by atoms with van der Waals surface area (Å²) in [5.74, 6) is -0.802. The van der Waals surface area contributed by atoms with Crippen molar-refractivity contribution in [3.05, 3.63) is 82.9 Å². The highest BCUT2D eigenvalue weighted by Crippen LogP contribution is 2.36. The number of halogens is 6. The maximum atomic E-state index is 12.8. The molecule has 0 aliphatic heterocycles. The molecule has 0 fully saturated rings. The molecule has 0 radical (unpaired) electrons. The van der Waals surface area contributed by atoms with Crippen molar-refractivity contribution >= 4 is 17.1 Å². The lowest BCUT2D eigenvalue weighted by Crippen LogP contribution is -2.11. The third-order valence-corrected chi connectivity index (χ3v) is 4.24. The number of esters is 1. The first-order valence-corrected chi connectivity index (χ1v) is 9.05. The number of rotatable bonds is 4. The number of benzene rings is 2. The van der Waals surface area contributed by atoms with Crippen molar-refractivity contribution in [2.45, 2.75) is 32.8 Å². The standard InChI is InChI=1S/C12H11F3O2.C11H11F3O/c1-7(2)9-5-4-8(11(16)17-3)6-10(9)12(13,14)15;1-7(2)9-4-3-8(6-15)5-10(9)11(12,13)14/h4-6H,1H2,2-3H3;3-5,15H,1,6H2,2H3. The minimum Gasteiger partial charge on any atom is -0.465 e. The fourth-order valence-electron chi connectivity index (χ4n) is 2.69. The first-order valence-electron chi connectivity index (χ1n) is 9.05. The second kappa shape index (κ2) is 10.5. The van der Waals surface area contributed by atoms with E-state index in [2.05, 4.69) is 17.9 Å². The average molecular weight is 460 g/mol. The second-order valence-corrected chi connectivity index (χ2v) is 6.85. The summed E-state index contributed by atoms with van der Waals surface area (Å²) in [5.41, 5.74) is -0.836. The summed E-state index contributed by atoms with van der Waals surface area (Å²) in [6.07, 6.45) is -8.95. The number of carbonyl (C=O) groups is 1. The third-order valence-electron chi connectivity index (χ3n) is 4.24. The van der Waals surface area contributed by atoms with E-state index in [1.165, 1.54) is 38.1 Å². The van der Waals surface area contributed by atoms with E-state index >= 15 is 0 Å². The monoisotopic (exact) mass is 460 g/mol. The first kappa shape index (κ1) is 27.0. The Bertz CT molecular complexity index is 1000. The maximum Gasteiger partial charge on any atom is 0.417 e. The number of ether oxygens (including phenoxy) is 1. The number of hydrogen-bond acceptors (Lipinski definition) is 3. The average Bonchev–Trinajstić information content (AvgIpc) is 2.71. The number of aliphatic hydroxyl groups is 1. The van der Waals surface area contributed by atoms with Crippen LogP contribution in [-0.2, 0) is 23.7 Å². The molecule has 2 rings (SSSR count). The fraction of sp³-hybridized carbons (Fsp3) is 0.261. The first-order chi connectivity index (χ1) is 14.6. The van der Waals surface area contributed by atoms with Gasteiger partial charge in [0.2, 0.25) is 0 Å². The minimum atomic E-state index is -4.53. The molecule has 0 saturated carbocycles. The molecule has 0 atom stereocenters. The third kappa shape index (κ3) is 6.98. The molecule has 0 aromatic heterocycles. The highest BCUT2D eigenvalue weighted by atomic mass is 19.4. The van der Waals surface area contributed by atoms with Crippen molar-refractivity contribution in [3.63, 3.8) is 0 Å². The Hall–Kier alpha value is -3.07. The van der Waals surface area contributed by atoms with E-state index in [0.29, 0.717) is 5.57 Å². The Morgan fingerprint density at radius 3 is 1.69 bits per heavy atom. The number of carbonyl (C=O) groups excluding carboxylic acids is 1.